The van der Waals surface area contributed by atoms with Crippen LogP contribution in [-0.4, -0.2) is 84.6 Å². The third kappa shape index (κ3) is 14.1. The van der Waals surface area contributed by atoms with Crippen LogP contribution in [0.5, 0.6) is 0 Å². The van der Waals surface area contributed by atoms with Gasteiger partial charge in [-0.1, -0.05) is 74.5 Å². The molecule has 0 unspecified atom stereocenters. The number of amides is 7. The van der Waals surface area contributed by atoms with Crippen molar-refractivity contribution >= 4 is 41.4 Å². The van der Waals surface area contributed by atoms with Crippen LogP contribution >= 0.6 is 0 Å². The van der Waals surface area contributed by atoms with Crippen molar-refractivity contribution in [3.63, 3.8) is 0 Å². The topological polar surface area (TPSA) is 244 Å². The molecule has 1 heterocycles. The van der Waals surface area contributed by atoms with Crippen LogP contribution in [-0.2, 0) is 46.4 Å². The van der Waals surface area contributed by atoms with Crippen molar-refractivity contribution in [3.8, 4) is 0 Å². The van der Waals surface area contributed by atoms with Crippen molar-refractivity contribution in [3.05, 3.63) is 71.8 Å². The first-order valence-corrected chi connectivity index (χ1v) is 17.7. The summed E-state index contributed by atoms with van der Waals surface area (Å²) in [5.74, 6) is -4.57. The molecular weight excluding hydrogens is 668 g/mol. The zero-order valence-corrected chi connectivity index (χ0v) is 29.8. The van der Waals surface area contributed by atoms with E-state index in [4.69, 9.17) is 11.5 Å². The normalized spacial score (nSPS) is 21.4. The molecule has 15 heteroatoms. The molecular formula is C37H52N8O7. The summed E-state index contributed by atoms with van der Waals surface area (Å²) in [6.07, 6.45) is 0.885. The molecule has 0 bridgehead atoms. The van der Waals surface area contributed by atoms with Gasteiger partial charge in [-0.05, 0) is 42.7 Å². The molecule has 1 fully saturated rings. The summed E-state index contributed by atoms with van der Waals surface area (Å²) >= 11 is 0. The van der Waals surface area contributed by atoms with E-state index in [1.165, 1.54) is 0 Å². The highest BCUT2D eigenvalue weighted by molar-refractivity contribution is 5.97. The number of carbonyl (C=O) groups excluding carboxylic acids is 7. The van der Waals surface area contributed by atoms with E-state index in [1.807, 2.05) is 44.2 Å². The van der Waals surface area contributed by atoms with Crippen molar-refractivity contribution in [2.75, 3.05) is 13.1 Å². The monoisotopic (exact) mass is 720 g/mol. The zero-order chi connectivity index (χ0) is 38.0. The Morgan fingerprint density at radius 2 is 1.44 bits per heavy atom. The third-order valence-electron chi connectivity index (χ3n) is 8.49. The van der Waals surface area contributed by atoms with Crippen LogP contribution in [0.1, 0.15) is 63.5 Å². The number of benzene rings is 2. The zero-order valence-electron chi connectivity index (χ0n) is 29.8. The second kappa shape index (κ2) is 21.1. The molecule has 0 aromatic heterocycles. The third-order valence-corrected chi connectivity index (χ3v) is 8.49. The minimum Gasteiger partial charge on any atom is -0.368 e. The second-order valence-corrected chi connectivity index (χ2v) is 13.4. The molecule has 15 nitrogen and oxygen atoms in total. The van der Waals surface area contributed by atoms with Crippen molar-refractivity contribution < 1.29 is 33.6 Å². The van der Waals surface area contributed by atoms with E-state index in [1.54, 1.807) is 30.3 Å². The van der Waals surface area contributed by atoms with Gasteiger partial charge in [0.25, 0.3) is 0 Å². The van der Waals surface area contributed by atoms with Gasteiger partial charge in [0.1, 0.15) is 30.2 Å². The highest BCUT2D eigenvalue weighted by atomic mass is 16.2. The molecule has 2 aromatic carbocycles. The second-order valence-electron chi connectivity index (χ2n) is 13.4. The fourth-order valence-corrected chi connectivity index (χ4v) is 5.76. The summed E-state index contributed by atoms with van der Waals surface area (Å²) in [4.78, 5) is 92.7. The quantitative estimate of drug-likeness (QED) is 0.141. The lowest BCUT2D eigenvalue weighted by molar-refractivity contribution is -0.135. The smallest absolute Gasteiger partial charge is 0.243 e. The molecule has 1 aliphatic heterocycles. The molecule has 10 N–H and O–H groups in total. The van der Waals surface area contributed by atoms with E-state index in [0.717, 1.165) is 5.56 Å². The molecule has 0 aliphatic carbocycles. The Kier molecular flexibility index (Phi) is 16.7. The molecule has 0 spiro atoms. The Balaban J connectivity index is 1.93. The lowest BCUT2D eigenvalue weighted by Crippen LogP contribution is -2.59. The minimum atomic E-state index is -1.33. The first-order chi connectivity index (χ1) is 24.9. The molecule has 52 heavy (non-hydrogen) atoms. The Labute approximate surface area is 304 Å². The highest BCUT2D eigenvalue weighted by Gasteiger charge is 2.33. The van der Waals surface area contributed by atoms with E-state index in [0.29, 0.717) is 18.4 Å². The van der Waals surface area contributed by atoms with Crippen LogP contribution in [0.4, 0.5) is 0 Å². The van der Waals surface area contributed by atoms with E-state index in [-0.39, 0.29) is 51.1 Å². The summed E-state index contributed by atoms with van der Waals surface area (Å²) < 4.78 is 0. The van der Waals surface area contributed by atoms with Gasteiger partial charge in [0.15, 0.2) is 0 Å². The number of hydrogen-bond donors (Lipinski definition) is 8. The molecule has 5 atom stereocenters. The molecule has 3 rings (SSSR count). The summed E-state index contributed by atoms with van der Waals surface area (Å²) in [6, 6.07) is 12.2. The van der Waals surface area contributed by atoms with Gasteiger partial charge in [-0.25, -0.2) is 0 Å². The molecule has 0 radical (unpaired) electrons. The molecule has 1 aliphatic rings. The number of hydrogen-bond acceptors (Lipinski definition) is 8. The molecule has 1 saturated heterocycles. The fraction of sp³-hybridized carbons (Fsp3) is 0.486. The summed E-state index contributed by atoms with van der Waals surface area (Å²) in [5, 5.41) is 16.2. The van der Waals surface area contributed by atoms with Crippen LogP contribution in [0.25, 0.3) is 0 Å². The van der Waals surface area contributed by atoms with Crippen LogP contribution < -0.4 is 43.4 Å². The maximum atomic E-state index is 13.9. The number of nitrogens with one attached hydrogen (secondary N) is 6. The van der Waals surface area contributed by atoms with Gasteiger partial charge in [-0.3, -0.25) is 33.6 Å². The Hall–Kier alpha value is -5.31. The van der Waals surface area contributed by atoms with Crippen LogP contribution in [0.3, 0.4) is 0 Å². The van der Waals surface area contributed by atoms with Gasteiger partial charge in [0.2, 0.25) is 41.4 Å². The predicted octanol–water partition coefficient (Wildman–Crippen LogP) is -0.534. The first-order valence-electron chi connectivity index (χ1n) is 17.7. The van der Waals surface area contributed by atoms with Crippen molar-refractivity contribution in [2.45, 2.75) is 95.4 Å². The van der Waals surface area contributed by atoms with Gasteiger partial charge in [-0.15, -0.1) is 0 Å². The molecule has 282 valence electrons. The van der Waals surface area contributed by atoms with Crippen molar-refractivity contribution in [1.29, 1.82) is 0 Å². The molecule has 7 amide bonds. The number of rotatable bonds is 12. The minimum absolute atomic E-state index is 0.00365. The van der Waals surface area contributed by atoms with Crippen LogP contribution in [0.2, 0.25) is 0 Å². The Bertz CT molecular complexity index is 1520. The maximum absolute atomic E-state index is 13.9. The maximum Gasteiger partial charge on any atom is 0.243 e. The molecule has 2 aromatic rings. The van der Waals surface area contributed by atoms with Crippen LogP contribution in [0.15, 0.2) is 60.7 Å². The lowest BCUT2D eigenvalue weighted by Gasteiger charge is -2.28. The van der Waals surface area contributed by atoms with Gasteiger partial charge < -0.3 is 43.4 Å². The number of carbonyl (C=O) groups is 7. The van der Waals surface area contributed by atoms with E-state index in [2.05, 4.69) is 31.9 Å². The first kappa shape index (κ1) is 41.1. The predicted molar refractivity (Wildman–Crippen MR) is 194 cm³/mol. The summed E-state index contributed by atoms with van der Waals surface area (Å²) in [7, 11) is 0. The Morgan fingerprint density at radius 3 is 2.06 bits per heavy atom. The van der Waals surface area contributed by atoms with Crippen molar-refractivity contribution in [2.24, 2.45) is 17.4 Å². The lowest BCUT2D eigenvalue weighted by atomic mass is 9.99. The average Bonchev–Trinajstić information content (AvgIpc) is 3.10. The molecule has 0 saturated carbocycles. The Morgan fingerprint density at radius 1 is 0.827 bits per heavy atom. The van der Waals surface area contributed by atoms with E-state index in [9.17, 15) is 33.6 Å². The van der Waals surface area contributed by atoms with Crippen LogP contribution in [0, 0.1) is 5.92 Å². The largest absolute Gasteiger partial charge is 0.368 e. The van der Waals surface area contributed by atoms with Gasteiger partial charge in [0.05, 0.1) is 6.42 Å². The fourth-order valence-electron chi connectivity index (χ4n) is 5.76. The SMILES string of the molecule is CC(C)C[C@@H]1NC(=O)[C@@H](NC(=O)[C@@H](Cc2ccccc2)NC(=O)CCN)CCCCNC(=O)C[C@@H](C(N)=O)NC(=O)[C@H](Cc2ccccc2)NC1=O. The van der Waals surface area contributed by atoms with Gasteiger partial charge in [0, 0.05) is 32.4 Å². The highest BCUT2D eigenvalue weighted by Crippen LogP contribution is 2.12. The van der Waals surface area contributed by atoms with Gasteiger partial charge >= 0.3 is 0 Å². The van der Waals surface area contributed by atoms with Gasteiger partial charge in [-0.2, -0.15) is 0 Å². The average molecular weight is 721 g/mol. The van der Waals surface area contributed by atoms with E-state index >= 15 is 0 Å². The van der Waals surface area contributed by atoms with Crippen molar-refractivity contribution in [1.82, 2.24) is 31.9 Å². The summed E-state index contributed by atoms with van der Waals surface area (Å²) in [5.41, 5.74) is 12.6. The van der Waals surface area contributed by atoms with E-state index < -0.39 is 78.0 Å². The summed E-state index contributed by atoms with van der Waals surface area (Å²) in [6.45, 7) is 4.01. The standard InChI is InChI=1S/C37H52N8O7/c1-23(2)19-28-35(50)45-30(21-25-13-7-4-8-14-25)37(52)43-27(33(39)48)22-32(47)40-18-10-9-15-26(34(49)44-28)42-36(51)29(41-31(46)16-17-38)20-24-11-5-3-6-12-24/h3-8,11-14,23,26-30H,9-10,15-22,38H2,1-2H3,(H2,39,48)(H,40,47)(H,41,46)(H,42,51)(H,43,52)(H,44,49)(H,45,50)/t26-,27-,28-,29+,30-/m0/s1. The number of primary amides is 1. The number of nitrogens with two attached hydrogens (primary N) is 2.